The number of hydrogen-bond acceptors (Lipinski definition) is 3. The zero-order valence-electron chi connectivity index (χ0n) is 10.9. The lowest BCUT2D eigenvalue weighted by Crippen LogP contribution is -2.09. The van der Waals surface area contributed by atoms with Crippen LogP contribution < -0.4 is 9.47 Å². The molecule has 1 fully saturated rings. The maximum Gasteiger partial charge on any atom is 0.160 e. The molecular weight excluding hydrogens is 216 g/mol. The van der Waals surface area contributed by atoms with Gasteiger partial charge in [-0.1, -0.05) is 13.0 Å². The van der Waals surface area contributed by atoms with E-state index >= 15 is 0 Å². The molecule has 3 heteroatoms. The fourth-order valence-corrected chi connectivity index (χ4v) is 2.29. The fraction of sp³-hybridized carbons (Fsp3) is 0.571. The number of hydrogen-bond donors (Lipinski definition) is 0. The van der Waals surface area contributed by atoms with Crippen molar-refractivity contribution in [3.05, 3.63) is 23.8 Å². The maximum absolute atomic E-state index is 5.50. The molecule has 0 saturated carbocycles. The Balaban J connectivity index is 2.05. The zero-order chi connectivity index (χ0) is 12.4. The van der Waals surface area contributed by atoms with Crippen LogP contribution in [0.2, 0.25) is 0 Å². The molecular formula is C14H20O3. The van der Waals surface area contributed by atoms with Crippen molar-refractivity contribution in [3.8, 4) is 11.5 Å². The first-order valence-corrected chi connectivity index (χ1v) is 6.02. The van der Waals surface area contributed by atoms with Crippen LogP contribution in [0.3, 0.4) is 0 Å². The smallest absolute Gasteiger partial charge is 0.160 e. The molecule has 0 radical (unpaired) electrons. The highest BCUT2D eigenvalue weighted by molar-refractivity contribution is 5.43. The first-order chi connectivity index (χ1) is 8.15. The van der Waals surface area contributed by atoms with Crippen LogP contribution in [-0.4, -0.2) is 26.4 Å². The summed E-state index contributed by atoms with van der Waals surface area (Å²) in [5.74, 6) is 2.12. The van der Waals surface area contributed by atoms with E-state index in [1.54, 1.807) is 14.2 Å². The summed E-state index contributed by atoms with van der Waals surface area (Å²) in [6.07, 6.45) is 1.85. The average molecular weight is 236 g/mol. The van der Waals surface area contributed by atoms with Gasteiger partial charge in [-0.05, 0) is 37.0 Å². The summed E-state index contributed by atoms with van der Waals surface area (Å²) in [5, 5.41) is 0. The maximum atomic E-state index is 5.50. The van der Waals surface area contributed by atoms with Gasteiger partial charge in [0.05, 0.1) is 26.4 Å². The average Bonchev–Trinajstić information content (AvgIpc) is 3.06. The van der Waals surface area contributed by atoms with Crippen LogP contribution in [0.1, 0.15) is 19.4 Å². The molecule has 3 unspecified atom stereocenters. The van der Waals surface area contributed by atoms with Gasteiger partial charge in [-0.25, -0.2) is 0 Å². The molecule has 3 nitrogen and oxygen atoms in total. The Morgan fingerprint density at radius 2 is 1.88 bits per heavy atom. The summed E-state index contributed by atoms with van der Waals surface area (Å²) >= 11 is 0. The minimum Gasteiger partial charge on any atom is -0.493 e. The Morgan fingerprint density at radius 1 is 1.24 bits per heavy atom. The van der Waals surface area contributed by atoms with Gasteiger partial charge in [0.15, 0.2) is 11.5 Å². The number of benzene rings is 1. The van der Waals surface area contributed by atoms with E-state index in [0.717, 1.165) is 17.9 Å². The van der Waals surface area contributed by atoms with Gasteiger partial charge in [0, 0.05) is 0 Å². The van der Waals surface area contributed by atoms with Gasteiger partial charge < -0.3 is 14.2 Å². The lowest BCUT2D eigenvalue weighted by molar-refractivity contribution is 0.327. The fourth-order valence-electron chi connectivity index (χ4n) is 2.29. The number of epoxide rings is 1. The highest BCUT2D eigenvalue weighted by atomic mass is 16.6. The van der Waals surface area contributed by atoms with Gasteiger partial charge >= 0.3 is 0 Å². The quantitative estimate of drug-likeness (QED) is 0.736. The number of methoxy groups -OCH3 is 2. The Hall–Kier alpha value is -1.22. The molecule has 0 amide bonds. The van der Waals surface area contributed by atoms with Crippen molar-refractivity contribution in [1.29, 1.82) is 0 Å². The van der Waals surface area contributed by atoms with Crippen molar-refractivity contribution in [1.82, 2.24) is 0 Å². The molecule has 0 N–H and O–H groups in total. The van der Waals surface area contributed by atoms with Crippen molar-refractivity contribution < 1.29 is 14.2 Å². The summed E-state index contributed by atoms with van der Waals surface area (Å²) in [6, 6.07) is 6.09. The summed E-state index contributed by atoms with van der Waals surface area (Å²) in [7, 11) is 3.32. The normalized spacial score (nSPS) is 24.2. The van der Waals surface area contributed by atoms with Gasteiger partial charge in [-0.3, -0.25) is 0 Å². The summed E-state index contributed by atoms with van der Waals surface area (Å²) < 4.78 is 16.0. The van der Waals surface area contributed by atoms with E-state index in [0.29, 0.717) is 18.1 Å². The van der Waals surface area contributed by atoms with Gasteiger partial charge in [0.2, 0.25) is 0 Å². The Bertz CT molecular complexity index is 389. The predicted octanol–water partition coefficient (Wildman–Crippen LogP) is 2.67. The second kappa shape index (κ2) is 4.96. The summed E-state index contributed by atoms with van der Waals surface area (Å²) in [6.45, 7) is 4.35. The van der Waals surface area contributed by atoms with Crippen molar-refractivity contribution in [2.75, 3.05) is 14.2 Å². The summed E-state index contributed by atoms with van der Waals surface area (Å²) in [5.41, 5.74) is 1.26. The minimum atomic E-state index is 0.420. The molecule has 94 valence electrons. The lowest BCUT2D eigenvalue weighted by atomic mass is 9.96. The molecule has 3 atom stereocenters. The SMILES string of the molecule is COc1ccc(CC(C)C2OC2C)cc1OC. The Morgan fingerprint density at radius 3 is 2.41 bits per heavy atom. The molecule has 1 heterocycles. The van der Waals surface area contributed by atoms with Crippen molar-refractivity contribution >= 4 is 0 Å². The third-order valence-electron chi connectivity index (χ3n) is 3.32. The van der Waals surface area contributed by atoms with E-state index in [2.05, 4.69) is 19.9 Å². The molecule has 1 aliphatic rings. The molecule has 17 heavy (non-hydrogen) atoms. The van der Waals surface area contributed by atoms with E-state index in [4.69, 9.17) is 14.2 Å². The molecule has 1 aliphatic heterocycles. The molecule has 1 aromatic rings. The Labute approximate surface area is 103 Å². The van der Waals surface area contributed by atoms with Crippen LogP contribution >= 0.6 is 0 Å². The highest BCUT2D eigenvalue weighted by Crippen LogP contribution is 2.33. The molecule has 1 aromatic carbocycles. The molecule has 2 rings (SSSR count). The second-order valence-corrected chi connectivity index (χ2v) is 4.68. The number of rotatable bonds is 5. The molecule has 0 spiro atoms. The van der Waals surface area contributed by atoms with Crippen molar-refractivity contribution in [3.63, 3.8) is 0 Å². The first kappa shape index (κ1) is 12.2. The largest absolute Gasteiger partial charge is 0.493 e. The van der Waals surface area contributed by atoms with E-state index in [-0.39, 0.29) is 0 Å². The highest BCUT2D eigenvalue weighted by Gasteiger charge is 2.38. The van der Waals surface area contributed by atoms with Crippen LogP contribution in [-0.2, 0) is 11.2 Å². The van der Waals surface area contributed by atoms with Crippen LogP contribution in [0.4, 0.5) is 0 Å². The number of ether oxygens (including phenoxy) is 3. The molecule has 0 aliphatic carbocycles. The minimum absolute atomic E-state index is 0.420. The van der Waals surface area contributed by atoms with Crippen LogP contribution in [0.15, 0.2) is 18.2 Å². The standard InChI is InChI=1S/C14H20O3/c1-9(14-10(2)17-14)7-11-5-6-12(15-3)13(8-11)16-4/h5-6,8-10,14H,7H2,1-4H3. The van der Waals surface area contributed by atoms with Crippen molar-refractivity contribution in [2.45, 2.75) is 32.5 Å². The third kappa shape index (κ3) is 2.72. The summed E-state index contributed by atoms with van der Waals surface area (Å²) in [4.78, 5) is 0. The first-order valence-electron chi connectivity index (χ1n) is 6.02. The van der Waals surface area contributed by atoms with Crippen LogP contribution in [0, 0.1) is 5.92 Å². The van der Waals surface area contributed by atoms with Crippen LogP contribution in [0.5, 0.6) is 11.5 Å². The van der Waals surface area contributed by atoms with Crippen molar-refractivity contribution in [2.24, 2.45) is 5.92 Å². The van der Waals surface area contributed by atoms with E-state index in [1.807, 2.05) is 12.1 Å². The zero-order valence-corrected chi connectivity index (χ0v) is 10.9. The third-order valence-corrected chi connectivity index (χ3v) is 3.32. The van der Waals surface area contributed by atoms with Crippen LogP contribution in [0.25, 0.3) is 0 Å². The van der Waals surface area contributed by atoms with Gasteiger partial charge in [-0.15, -0.1) is 0 Å². The van der Waals surface area contributed by atoms with E-state index in [9.17, 15) is 0 Å². The topological polar surface area (TPSA) is 31.0 Å². The lowest BCUT2D eigenvalue weighted by Gasteiger charge is -2.12. The molecule has 0 aromatic heterocycles. The van der Waals surface area contributed by atoms with E-state index < -0.39 is 0 Å². The molecule has 1 saturated heterocycles. The Kier molecular flexibility index (Phi) is 3.57. The second-order valence-electron chi connectivity index (χ2n) is 4.68. The molecule has 0 bridgehead atoms. The van der Waals surface area contributed by atoms with E-state index in [1.165, 1.54) is 5.56 Å². The van der Waals surface area contributed by atoms with Gasteiger partial charge in [0.25, 0.3) is 0 Å². The predicted molar refractivity (Wildman–Crippen MR) is 66.7 cm³/mol. The van der Waals surface area contributed by atoms with Gasteiger partial charge in [-0.2, -0.15) is 0 Å². The van der Waals surface area contributed by atoms with Gasteiger partial charge in [0.1, 0.15) is 0 Å². The monoisotopic (exact) mass is 236 g/mol.